The van der Waals surface area contributed by atoms with Gasteiger partial charge in [-0.3, -0.25) is 4.57 Å². The summed E-state index contributed by atoms with van der Waals surface area (Å²) in [4.78, 5) is 11.5. The highest BCUT2D eigenvalue weighted by atomic mass is 35.5. The molecule has 2 aromatic heterocycles. The first-order chi connectivity index (χ1) is 10.1. The van der Waals surface area contributed by atoms with Gasteiger partial charge in [-0.2, -0.15) is 0 Å². The highest BCUT2D eigenvalue weighted by Crippen LogP contribution is 2.40. The maximum atomic E-state index is 6.17. The van der Waals surface area contributed by atoms with E-state index in [2.05, 4.69) is 26.5 Å². The zero-order valence-corrected chi connectivity index (χ0v) is 12.9. The molecule has 2 aliphatic heterocycles. The van der Waals surface area contributed by atoms with Crippen LogP contribution in [0.25, 0.3) is 11.2 Å². The molecule has 0 radical (unpaired) electrons. The largest absolute Gasteiger partial charge is 0.369 e. The number of nitrogens with two attached hydrogens (primary N) is 1. The molecule has 0 saturated carbocycles. The Labute approximate surface area is 129 Å². The third-order valence-electron chi connectivity index (χ3n) is 5.20. The first-order valence-corrected chi connectivity index (χ1v) is 8.02. The third kappa shape index (κ3) is 2.10. The van der Waals surface area contributed by atoms with Crippen molar-refractivity contribution in [3.8, 4) is 0 Å². The number of rotatable bonds is 1. The van der Waals surface area contributed by atoms with Crippen LogP contribution in [0.15, 0.2) is 12.3 Å². The summed E-state index contributed by atoms with van der Waals surface area (Å²) in [7, 11) is 2.26. The fourth-order valence-electron chi connectivity index (χ4n) is 4.13. The fraction of sp³-hybridized carbons (Fsp3) is 0.600. The minimum atomic E-state index is 0.398. The number of fused-ring (bicyclic) bond motifs is 3. The van der Waals surface area contributed by atoms with Gasteiger partial charge in [0.1, 0.15) is 5.52 Å². The molecule has 5 nitrogen and oxygen atoms in total. The monoisotopic (exact) mass is 305 g/mol. The van der Waals surface area contributed by atoms with Gasteiger partial charge in [0.2, 0.25) is 5.95 Å². The Morgan fingerprint density at radius 1 is 1.24 bits per heavy atom. The van der Waals surface area contributed by atoms with Gasteiger partial charge in [-0.15, -0.1) is 0 Å². The van der Waals surface area contributed by atoms with Crippen molar-refractivity contribution in [3.05, 3.63) is 17.3 Å². The Morgan fingerprint density at radius 2 is 1.95 bits per heavy atom. The predicted octanol–water partition coefficient (Wildman–Crippen LogP) is 2.85. The van der Waals surface area contributed by atoms with Gasteiger partial charge in [0.25, 0.3) is 0 Å². The molecule has 0 spiro atoms. The number of piperidine rings is 2. The molecular weight excluding hydrogens is 286 g/mol. The number of nitrogens with zero attached hydrogens (tertiary/aromatic N) is 4. The molecular formula is C15H20ClN5. The molecule has 112 valence electrons. The Hall–Kier alpha value is -1.33. The summed E-state index contributed by atoms with van der Waals surface area (Å²) in [6, 6.07) is 3.56. The summed E-state index contributed by atoms with van der Waals surface area (Å²) in [5.41, 5.74) is 7.84. The molecule has 21 heavy (non-hydrogen) atoms. The Bertz CT molecular complexity index is 668. The van der Waals surface area contributed by atoms with Gasteiger partial charge in [0, 0.05) is 24.3 Å². The molecule has 0 aromatic carbocycles. The first-order valence-electron chi connectivity index (χ1n) is 7.64. The van der Waals surface area contributed by atoms with Crippen molar-refractivity contribution in [1.29, 1.82) is 0 Å². The smallest absolute Gasteiger partial charge is 0.202 e. The van der Waals surface area contributed by atoms with Gasteiger partial charge in [0.05, 0.1) is 5.02 Å². The standard InChI is InChI=1S/C15H20ClN5/c1-20-10-3-2-4-11(20)7-12(6-10)21-14-13(19-15(21)17)5-9(16)8-18-14/h5,8,10-12H,2-4,6-7H2,1H3,(H2,17,19). The molecule has 2 atom stereocenters. The second-order valence-corrected chi connectivity index (χ2v) is 6.80. The molecule has 0 aliphatic carbocycles. The fourth-order valence-corrected chi connectivity index (χ4v) is 4.29. The first kappa shape index (κ1) is 13.3. The molecule has 2 bridgehead atoms. The van der Waals surface area contributed by atoms with Crippen LogP contribution in [0.1, 0.15) is 38.1 Å². The van der Waals surface area contributed by atoms with Crippen LogP contribution in [0.4, 0.5) is 5.95 Å². The maximum Gasteiger partial charge on any atom is 0.202 e. The lowest BCUT2D eigenvalue weighted by Gasteiger charge is -2.47. The van der Waals surface area contributed by atoms with E-state index in [1.807, 2.05) is 6.07 Å². The van der Waals surface area contributed by atoms with Crippen molar-refractivity contribution in [3.63, 3.8) is 0 Å². The van der Waals surface area contributed by atoms with Crippen molar-refractivity contribution in [2.45, 2.75) is 50.2 Å². The van der Waals surface area contributed by atoms with Gasteiger partial charge in [0.15, 0.2) is 5.65 Å². The number of hydrogen-bond donors (Lipinski definition) is 1. The van der Waals surface area contributed by atoms with E-state index in [1.165, 1.54) is 19.3 Å². The minimum Gasteiger partial charge on any atom is -0.369 e. The van der Waals surface area contributed by atoms with E-state index >= 15 is 0 Å². The number of hydrogen-bond acceptors (Lipinski definition) is 4. The van der Waals surface area contributed by atoms with E-state index in [0.29, 0.717) is 29.1 Å². The molecule has 2 unspecified atom stereocenters. The maximum absolute atomic E-state index is 6.17. The zero-order valence-electron chi connectivity index (χ0n) is 12.2. The van der Waals surface area contributed by atoms with Gasteiger partial charge in [-0.25, -0.2) is 9.97 Å². The van der Waals surface area contributed by atoms with Crippen molar-refractivity contribution < 1.29 is 0 Å². The molecule has 2 saturated heterocycles. The second kappa shape index (κ2) is 4.85. The third-order valence-corrected chi connectivity index (χ3v) is 5.41. The van der Waals surface area contributed by atoms with Gasteiger partial charge in [-0.1, -0.05) is 18.0 Å². The van der Waals surface area contributed by atoms with Crippen molar-refractivity contribution >= 4 is 28.7 Å². The second-order valence-electron chi connectivity index (χ2n) is 6.37. The van der Waals surface area contributed by atoms with E-state index in [-0.39, 0.29) is 0 Å². The summed E-state index contributed by atoms with van der Waals surface area (Å²) in [6.07, 6.45) is 7.86. The number of aromatic nitrogens is 3. The molecule has 0 amide bonds. The quantitative estimate of drug-likeness (QED) is 0.880. The molecule has 6 heteroatoms. The van der Waals surface area contributed by atoms with Crippen LogP contribution in [-0.4, -0.2) is 38.6 Å². The summed E-state index contributed by atoms with van der Waals surface area (Å²) >= 11 is 6.00. The van der Waals surface area contributed by atoms with E-state index < -0.39 is 0 Å². The van der Waals surface area contributed by atoms with Crippen LogP contribution in [0.5, 0.6) is 0 Å². The number of halogens is 1. The van der Waals surface area contributed by atoms with Crippen molar-refractivity contribution in [2.24, 2.45) is 0 Å². The van der Waals surface area contributed by atoms with Gasteiger partial charge < -0.3 is 10.6 Å². The molecule has 2 N–H and O–H groups in total. The van der Waals surface area contributed by atoms with Crippen LogP contribution in [-0.2, 0) is 0 Å². The Kier molecular flexibility index (Phi) is 3.08. The SMILES string of the molecule is CN1C2CCCC1CC(n1c(N)nc3cc(Cl)cnc31)C2. The minimum absolute atomic E-state index is 0.398. The van der Waals surface area contributed by atoms with E-state index in [9.17, 15) is 0 Å². The summed E-state index contributed by atoms with van der Waals surface area (Å²) in [5, 5.41) is 0.604. The van der Waals surface area contributed by atoms with E-state index in [1.54, 1.807) is 6.20 Å². The van der Waals surface area contributed by atoms with Crippen molar-refractivity contribution in [2.75, 3.05) is 12.8 Å². The summed E-state index contributed by atoms with van der Waals surface area (Å²) in [5.74, 6) is 0.562. The number of anilines is 1. The average Bonchev–Trinajstić information content (AvgIpc) is 2.73. The lowest BCUT2D eigenvalue weighted by atomic mass is 9.82. The zero-order chi connectivity index (χ0) is 14.6. The highest BCUT2D eigenvalue weighted by molar-refractivity contribution is 6.31. The predicted molar refractivity (Wildman–Crippen MR) is 84.4 cm³/mol. The lowest BCUT2D eigenvalue weighted by Crippen LogP contribution is -2.50. The molecule has 2 aliphatic rings. The van der Waals surface area contributed by atoms with Crippen LogP contribution in [0.2, 0.25) is 5.02 Å². The highest BCUT2D eigenvalue weighted by Gasteiger charge is 2.37. The van der Waals surface area contributed by atoms with E-state index in [0.717, 1.165) is 24.0 Å². The molecule has 4 rings (SSSR count). The van der Waals surface area contributed by atoms with Crippen LogP contribution in [0, 0.1) is 0 Å². The number of imidazole rings is 1. The Balaban J connectivity index is 1.75. The van der Waals surface area contributed by atoms with Gasteiger partial charge >= 0.3 is 0 Å². The van der Waals surface area contributed by atoms with Gasteiger partial charge in [-0.05, 0) is 38.8 Å². The lowest BCUT2D eigenvalue weighted by molar-refractivity contribution is 0.0414. The molecule has 4 heterocycles. The van der Waals surface area contributed by atoms with Crippen LogP contribution < -0.4 is 5.73 Å². The topological polar surface area (TPSA) is 60.0 Å². The molecule has 2 aromatic rings. The summed E-state index contributed by atoms with van der Waals surface area (Å²) < 4.78 is 2.13. The van der Waals surface area contributed by atoms with E-state index in [4.69, 9.17) is 17.3 Å². The van der Waals surface area contributed by atoms with Crippen molar-refractivity contribution in [1.82, 2.24) is 19.4 Å². The Morgan fingerprint density at radius 3 is 2.67 bits per heavy atom. The van der Waals surface area contributed by atoms with Crippen LogP contribution >= 0.6 is 11.6 Å². The summed E-state index contributed by atoms with van der Waals surface area (Å²) in [6.45, 7) is 0. The number of pyridine rings is 1. The normalized spacial score (nSPS) is 29.9. The molecule has 2 fully saturated rings. The van der Waals surface area contributed by atoms with Crippen LogP contribution in [0.3, 0.4) is 0 Å². The number of nitrogen functional groups attached to an aromatic ring is 1. The average molecular weight is 306 g/mol.